The highest BCUT2D eigenvalue weighted by Gasteiger charge is 2.24. The van der Waals surface area contributed by atoms with Gasteiger partial charge in [-0.3, -0.25) is 9.89 Å². The van der Waals surface area contributed by atoms with Crippen molar-refractivity contribution in [2.24, 2.45) is 10.9 Å². The lowest BCUT2D eigenvalue weighted by Gasteiger charge is -2.31. The van der Waals surface area contributed by atoms with Crippen LogP contribution >= 0.6 is 24.0 Å². The zero-order valence-corrected chi connectivity index (χ0v) is 16.0. The number of rotatable bonds is 5. The fraction of sp³-hybridized carbons (Fsp3) is 0.812. The number of hydrogen-bond acceptors (Lipinski definition) is 2. The van der Waals surface area contributed by atoms with Crippen molar-refractivity contribution in [3.63, 3.8) is 0 Å². The van der Waals surface area contributed by atoms with E-state index in [-0.39, 0.29) is 24.0 Å². The first kappa shape index (κ1) is 18.7. The van der Waals surface area contributed by atoms with Gasteiger partial charge in [-0.15, -0.1) is 24.0 Å². The Morgan fingerprint density at radius 1 is 1.24 bits per heavy atom. The maximum atomic E-state index is 4.36. The number of nitrogens with zero attached hydrogens (tertiary/aromatic N) is 2. The number of nitrogens with one attached hydrogen (secondary N) is 2. The molecule has 2 aliphatic rings. The molecule has 2 rings (SSSR count). The molecule has 5 heteroatoms. The van der Waals surface area contributed by atoms with E-state index in [0.29, 0.717) is 18.0 Å². The second kappa shape index (κ2) is 9.66. The van der Waals surface area contributed by atoms with Gasteiger partial charge in [0.2, 0.25) is 0 Å². The predicted octanol–water partition coefficient (Wildman–Crippen LogP) is 2.61. The first-order valence-corrected chi connectivity index (χ1v) is 8.07. The zero-order valence-electron chi connectivity index (χ0n) is 13.6. The van der Waals surface area contributed by atoms with E-state index in [2.05, 4.69) is 46.5 Å². The first-order chi connectivity index (χ1) is 9.70. The highest BCUT2D eigenvalue weighted by Crippen LogP contribution is 2.17. The van der Waals surface area contributed by atoms with Crippen LogP contribution in [0.25, 0.3) is 0 Å². The maximum absolute atomic E-state index is 4.36. The summed E-state index contributed by atoms with van der Waals surface area (Å²) in [5, 5.41) is 7.03. The summed E-state index contributed by atoms with van der Waals surface area (Å²) in [4.78, 5) is 6.98. The highest BCUT2D eigenvalue weighted by atomic mass is 127. The quantitative estimate of drug-likeness (QED) is 0.319. The highest BCUT2D eigenvalue weighted by molar-refractivity contribution is 14.0. The molecule has 1 heterocycles. The molecule has 0 aromatic carbocycles. The van der Waals surface area contributed by atoms with Crippen molar-refractivity contribution in [3.05, 3.63) is 12.2 Å². The molecule has 1 unspecified atom stereocenters. The Hall–Kier alpha value is -0.300. The van der Waals surface area contributed by atoms with E-state index < -0.39 is 0 Å². The van der Waals surface area contributed by atoms with Gasteiger partial charge in [0.15, 0.2) is 5.96 Å². The van der Waals surface area contributed by atoms with Crippen molar-refractivity contribution in [2.45, 2.75) is 51.6 Å². The molecule has 4 nitrogen and oxygen atoms in total. The molecule has 1 saturated heterocycles. The standard InChI is InChI=1S/C16H30N4.HI/c1-13(2)15(20-10-6-7-11-20)12-18-16(17-3)19-14-8-4-5-9-14;/h4-5,13-15H,6-12H2,1-3H3,(H2,17,18,19);1H. The van der Waals surface area contributed by atoms with Gasteiger partial charge in [-0.05, 0) is 44.7 Å². The second-order valence-corrected chi connectivity index (χ2v) is 6.29. The molecule has 0 bridgehead atoms. The molecular formula is C16H31IN4. The normalized spacial score (nSPS) is 21.6. The van der Waals surface area contributed by atoms with E-state index in [1.807, 2.05) is 7.05 Å². The molecule has 0 aromatic rings. The summed E-state index contributed by atoms with van der Waals surface area (Å²) in [6, 6.07) is 1.13. The third kappa shape index (κ3) is 5.77. The minimum absolute atomic E-state index is 0. The van der Waals surface area contributed by atoms with Gasteiger partial charge in [0.1, 0.15) is 0 Å². The lowest BCUT2D eigenvalue weighted by molar-refractivity contribution is 0.192. The van der Waals surface area contributed by atoms with Gasteiger partial charge in [0.05, 0.1) is 0 Å². The number of hydrogen-bond donors (Lipinski definition) is 2. The maximum Gasteiger partial charge on any atom is 0.191 e. The molecule has 0 aromatic heterocycles. The Labute approximate surface area is 146 Å². The average Bonchev–Trinajstić information content (AvgIpc) is 3.10. The molecular weight excluding hydrogens is 375 g/mol. The Kier molecular flexibility index (Phi) is 8.63. The lowest BCUT2D eigenvalue weighted by Crippen LogP contribution is -2.50. The van der Waals surface area contributed by atoms with Gasteiger partial charge < -0.3 is 10.6 Å². The smallest absolute Gasteiger partial charge is 0.191 e. The van der Waals surface area contributed by atoms with Crippen molar-refractivity contribution >= 4 is 29.9 Å². The van der Waals surface area contributed by atoms with Gasteiger partial charge in [-0.1, -0.05) is 26.0 Å². The topological polar surface area (TPSA) is 39.7 Å². The molecule has 122 valence electrons. The molecule has 1 aliphatic carbocycles. The van der Waals surface area contributed by atoms with Gasteiger partial charge >= 0.3 is 0 Å². The molecule has 0 amide bonds. The molecule has 0 saturated carbocycles. The van der Waals surface area contributed by atoms with Crippen molar-refractivity contribution in [2.75, 3.05) is 26.7 Å². The minimum Gasteiger partial charge on any atom is -0.355 e. The molecule has 21 heavy (non-hydrogen) atoms. The number of aliphatic imine (C=N–C) groups is 1. The van der Waals surface area contributed by atoms with Gasteiger partial charge in [0, 0.05) is 25.7 Å². The van der Waals surface area contributed by atoms with Crippen LogP contribution in [-0.4, -0.2) is 49.6 Å². The summed E-state index contributed by atoms with van der Waals surface area (Å²) < 4.78 is 0. The Bertz CT molecular complexity index is 340. The molecule has 1 aliphatic heterocycles. The van der Waals surface area contributed by atoms with Crippen LogP contribution in [0.4, 0.5) is 0 Å². The number of halogens is 1. The molecule has 2 N–H and O–H groups in total. The predicted molar refractivity (Wildman–Crippen MR) is 102 cm³/mol. The number of likely N-dealkylation sites (tertiary alicyclic amines) is 1. The summed E-state index contributed by atoms with van der Waals surface area (Å²) in [5.74, 6) is 1.62. The molecule has 0 spiro atoms. The summed E-state index contributed by atoms with van der Waals surface area (Å²) >= 11 is 0. The minimum atomic E-state index is 0. The van der Waals surface area contributed by atoms with E-state index in [0.717, 1.165) is 25.3 Å². The Balaban J connectivity index is 0.00000220. The number of guanidine groups is 1. The van der Waals surface area contributed by atoms with Crippen LogP contribution in [0.3, 0.4) is 0 Å². The summed E-state index contributed by atoms with van der Waals surface area (Å²) in [5.41, 5.74) is 0. The van der Waals surface area contributed by atoms with Crippen LogP contribution in [0.5, 0.6) is 0 Å². The van der Waals surface area contributed by atoms with E-state index >= 15 is 0 Å². The van der Waals surface area contributed by atoms with Crippen LogP contribution in [0.1, 0.15) is 39.5 Å². The van der Waals surface area contributed by atoms with E-state index in [1.54, 1.807) is 0 Å². The van der Waals surface area contributed by atoms with Crippen LogP contribution < -0.4 is 10.6 Å². The zero-order chi connectivity index (χ0) is 14.4. The van der Waals surface area contributed by atoms with Gasteiger partial charge in [-0.2, -0.15) is 0 Å². The van der Waals surface area contributed by atoms with Crippen molar-refractivity contribution < 1.29 is 0 Å². The summed E-state index contributed by atoms with van der Waals surface area (Å²) in [6.45, 7) is 8.13. The van der Waals surface area contributed by atoms with Crippen molar-refractivity contribution in [1.29, 1.82) is 0 Å². The van der Waals surface area contributed by atoms with E-state index in [9.17, 15) is 0 Å². The SMILES string of the molecule is CN=C(NCC(C(C)C)N1CCCC1)NC1CC=CC1.I. The van der Waals surface area contributed by atoms with Crippen molar-refractivity contribution in [1.82, 2.24) is 15.5 Å². The second-order valence-electron chi connectivity index (χ2n) is 6.29. The van der Waals surface area contributed by atoms with Crippen LogP contribution in [-0.2, 0) is 0 Å². The lowest BCUT2D eigenvalue weighted by atomic mass is 10.0. The van der Waals surface area contributed by atoms with E-state index in [1.165, 1.54) is 25.9 Å². The summed E-state index contributed by atoms with van der Waals surface area (Å²) in [6.07, 6.45) is 9.41. The fourth-order valence-corrected chi connectivity index (χ4v) is 3.18. The summed E-state index contributed by atoms with van der Waals surface area (Å²) in [7, 11) is 1.86. The first-order valence-electron chi connectivity index (χ1n) is 8.07. The van der Waals surface area contributed by atoms with E-state index in [4.69, 9.17) is 0 Å². The van der Waals surface area contributed by atoms with Crippen molar-refractivity contribution in [3.8, 4) is 0 Å². The third-order valence-corrected chi connectivity index (χ3v) is 4.43. The largest absolute Gasteiger partial charge is 0.355 e. The van der Waals surface area contributed by atoms with Crippen LogP contribution in [0, 0.1) is 5.92 Å². The molecule has 0 radical (unpaired) electrons. The fourth-order valence-electron chi connectivity index (χ4n) is 3.18. The molecule has 1 fully saturated rings. The third-order valence-electron chi connectivity index (χ3n) is 4.43. The van der Waals surface area contributed by atoms with Crippen LogP contribution in [0.15, 0.2) is 17.1 Å². The average molecular weight is 406 g/mol. The Morgan fingerprint density at radius 2 is 1.86 bits per heavy atom. The Morgan fingerprint density at radius 3 is 2.38 bits per heavy atom. The monoisotopic (exact) mass is 406 g/mol. The van der Waals surface area contributed by atoms with Gasteiger partial charge in [0.25, 0.3) is 0 Å². The van der Waals surface area contributed by atoms with Gasteiger partial charge in [-0.25, -0.2) is 0 Å². The van der Waals surface area contributed by atoms with Crippen LogP contribution in [0.2, 0.25) is 0 Å². The molecule has 1 atom stereocenters.